The van der Waals surface area contributed by atoms with E-state index in [1.54, 1.807) is 0 Å². The first-order chi connectivity index (χ1) is 5.09. The van der Waals surface area contributed by atoms with Gasteiger partial charge < -0.3 is 10.1 Å². The number of halogens is 2. The van der Waals surface area contributed by atoms with Crippen LogP contribution in [0.5, 0.6) is 0 Å². The molecule has 4 nitrogen and oxygen atoms in total. The fourth-order valence-corrected chi connectivity index (χ4v) is 1.31. The van der Waals surface area contributed by atoms with Crippen LogP contribution in [-0.4, -0.2) is 9.91 Å². The number of nitrogens with zero attached hydrogens (tertiary/aromatic N) is 2. The molecular formula is C5H2BrClN2O2. The third-order valence-corrected chi connectivity index (χ3v) is 1.56. The molecule has 0 aromatic carbocycles. The molecule has 0 atom stereocenters. The summed E-state index contributed by atoms with van der Waals surface area (Å²) >= 11 is 8.50. The molecule has 6 heteroatoms. The van der Waals surface area contributed by atoms with Crippen molar-refractivity contribution >= 4 is 33.3 Å². The summed E-state index contributed by atoms with van der Waals surface area (Å²) in [6.45, 7) is 0. The zero-order valence-electron chi connectivity index (χ0n) is 5.12. The Hall–Kier alpha value is -0.680. The van der Waals surface area contributed by atoms with Crippen LogP contribution in [0.25, 0.3) is 0 Å². The predicted octanol–water partition coefficient (Wildman–Crippen LogP) is 2.41. The van der Waals surface area contributed by atoms with Gasteiger partial charge in [0.1, 0.15) is 0 Å². The highest BCUT2D eigenvalue weighted by molar-refractivity contribution is 9.10. The van der Waals surface area contributed by atoms with Gasteiger partial charge in [-0.05, 0) is 9.91 Å². The summed E-state index contributed by atoms with van der Waals surface area (Å²) in [5, 5.41) is 10.5. The van der Waals surface area contributed by atoms with E-state index in [0.29, 0.717) is 9.63 Å². The maximum absolute atomic E-state index is 10.2. The van der Waals surface area contributed by atoms with Crippen LogP contribution in [0, 0.1) is 10.1 Å². The molecule has 0 aliphatic heterocycles. The van der Waals surface area contributed by atoms with Crippen LogP contribution < -0.4 is 0 Å². The Morgan fingerprint density at radius 1 is 1.64 bits per heavy atom. The standard InChI is InChI=1S/C5H2BrClN2O2/c6-4-1-3(7)2-5(8-4)9(10)11/h1-2H. The monoisotopic (exact) mass is 236 g/mol. The second-order valence-electron chi connectivity index (χ2n) is 1.72. The number of aromatic nitrogens is 1. The quantitative estimate of drug-likeness (QED) is 0.428. The molecule has 0 aliphatic carbocycles. The van der Waals surface area contributed by atoms with Gasteiger partial charge in [0.25, 0.3) is 0 Å². The number of nitro groups is 1. The fourth-order valence-electron chi connectivity index (χ4n) is 0.546. The first kappa shape index (κ1) is 8.42. The van der Waals surface area contributed by atoms with Crippen LogP contribution in [-0.2, 0) is 0 Å². The van der Waals surface area contributed by atoms with Crippen molar-refractivity contribution in [1.82, 2.24) is 4.98 Å². The van der Waals surface area contributed by atoms with Gasteiger partial charge in [0.05, 0.1) is 11.1 Å². The normalized spacial score (nSPS) is 9.64. The molecule has 0 unspecified atom stereocenters. The van der Waals surface area contributed by atoms with E-state index in [9.17, 15) is 10.1 Å². The van der Waals surface area contributed by atoms with Crippen molar-refractivity contribution in [2.75, 3.05) is 0 Å². The molecule has 11 heavy (non-hydrogen) atoms. The second kappa shape index (κ2) is 3.15. The van der Waals surface area contributed by atoms with Gasteiger partial charge in [-0.3, -0.25) is 0 Å². The SMILES string of the molecule is O=[N+]([O-])c1cc(Cl)cc(Br)n1. The van der Waals surface area contributed by atoms with Crippen LogP contribution in [0.4, 0.5) is 5.82 Å². The Morgan fingerprint density at radius 2 is 2.27 bits per heavy atom. The van der Waals surface area contributed by atoms with Crippen LogP contribution in [0.15, 0.2) is 16.7 Å². The molecule has 0 amide bonds. The van der Waals surface area contributed by atoms with Gasteiger partial charge >= 0.3 is 5.82 Å². The average molecular weight is 237 g/mol. The summed E-state index contributed by atoms with van der Waals surface area (Å²) < 4.78 is 0.358. The zero-order chi connectivity index (χ0) is 8.43. The van der Waals surface area contributed by atoms with Crippen LogP contribution in [0.3, 0.4) is 0 Å². The third-order valence-electron chi connectivity index (χ3n) is 0.932. The minimum absolute atomic E-state index is 0.260. The highest BCUT2D eigenvalue weighted by Gasteiger charge is 2.09. The van der Waals surface area contributed by atoms with E-state index in [-0.39, 0.29) is 5.82 Å². The summed E-state index contributed by atoms with van der Waals surface area (Å²) in [7, 11) is 0. The lowest BCUT2D eigenvalue weighted by Crippen LogP contribution is -1.91. The molecule has 1 heterocycles. The summed E-state index contributed by atoms with van der Waals surface area (Å²) in [4.78, 5) is 13.1. The second-order valence-corrected chi connectivity index (χ2v) is 2.97. The smallest absolute Gasteiger partial charge is 0.358 e. The molecular weight excluding hydrogens is 235 g/mol. The molecule has 1 rings (SSSR count). The molecule has 0 fully saturated rings. The topological polar surface area (TPSA) is 56.0 Å². The molecule has 0 saturated heterocycles. The van der Waals surface area contributed by atoms with Crippen LogP contribution in [0.2, 0.25) is 5.02 Å². The van der Waals surface area contributed by atoms with E-state index in [2.05, 4.69) is 20.9 Å². The van der Waals surface area contributed by atoms with E-state index in [0.717, 1.165) is 0 Å². The van der Waals surface area contributed by atoms with Crippen molar-refractivity contribution < 1.29 is 4.92 Å². The Labute approximate surface area is 75.5 Å². The van der Waals surface area contributed by atoms with E-state index >= 15 is 0 Å². The van der Waals surface area contributed by atoms with Gasteiger partial charge in [-0.1, -0.05) is 11.6 Å². The van der Waals surface area contributed by atoms with Crippen molar-refractivity contribution in [2.24, 2.45) is 0 Å². The molecule has 0 aliphatic rings. The maximum Gasteiger partial charge on any atom is 0.366 e. The van der Waals surface area contributed by atoms with Gasteiger partial charge in [0.15, 0.2) is 0 Å². The maximum atomic E-state index is 10.2. The number of rotatable bonds is 1. The van der Waals surface area contributed by atoms with Gasteiger partial charge in [0, 0.05) is 22.0 Å². The molecule has 1 aromatic heterocycles. The molecule has 58 valence electrons. The molecule has 0 N–H and O–H groups in total. The molecule has 1 aromatic rings. The highest BCUT2D eigenvalue weighted by atomic mass is 79.9. The summed E-state index contributed by atoms with van der Waals surface area (Å²) in [6, 6.07) is 2.67. The van der Waals surface area contributed by atoms with E-state index in [1.807, 2.05) is 0 Å². The summed E-state index contributed by atoms with van der Waals surface area (Å²) in [6.07, 6.45) is 0. The molecule has 0 saturated carbocycles. The van der Waals surface area contributed by atoms with Gasteiger partial charge in [-0.15, -0.1) is 0 Å². The lowest BCUT2D eigenvalue weighted by molar-refractivity contribution is -0.389. The Balaban J connectivity index is 3.19. The Morgan fingerprint density at radius 3 is 2.73 bits per heavy atom. The van der Waals surface area contributed by atoms with Crippen molar-refractivity contribution in [3.8, 4) is 0 Å². The average Bonchev–Trinajstić information content (AvgIpc) is 1.85. The van der Waals surface area contributed by atoms with Gasteiger partial charge in [0.2, 0.25) is 4.60 Å². The summed E-state index contributed by atoms with van der Waals surface area (Å²) in [5.74, 6) is -0.260. The number of hydrogen-bond acceptors (Lipinski definition) is 3. The first-order valence-electron chi connectivity index (χ1n) is 2.57. The van der Waals surface area contributed by atoms with Crippen molar-refractivity contribution in [2.45, 2.75) is 0 Å². The Bertz CT molecular complexity index is 284. The van der Waals surface area contributed by atoms with E-state index < -0.39 is 4.92 Å². The lowest BCUT2D eigenvalue weighted by Gasteiger charge is -1.91. The minimum atomic E-state index is -0.601. The highest BCUT2D eigenvalue weighted by Crippen LogP contribution is 2.19. The fraction of sp³-hybridized carbons (Fsp3) is 0. The number of hydrogen-bond donors (Lipinski definition) is 0. The first-order valence-corrected chi connectivity index (χ1v) is 3.74. The zero-order valence-corrected chi connectivity index (χ0v) is 7.46. The molecule has 0 bridgehead atoms. The van der Waals surface area contributed by atoms with Crippen molar-refractivity contribution in [1.29, 1.82) is 0 Å². The Kier molecular flexibility index (Phi) is 2.41. The van der Waals surface area contributed by atoms with Crippen LogP contribution >= 0.6 is 27.5 Å². The summed E-state index contributed by atoms with van der Waals surface area (Å²) in [5.41, 5.74) is 0. The van der Waals surface area contributed by atoms with E-state index in [1.165, 1.54) is 12.1 Å². The minimum Gasteiger partial charge on any atom is -0.358 e. The predicted molar refractivity (Wildman–Crippen MR) is 43.6 cm³/mol. The van der Waals surface area contributed by atoms with Crippen molar-refractivity contribution in [3.05, 3.63) is 31.9 Å². The van der Waals surface area contributed by atoms with Gasteiger partial charge in [-0.25, -0.2) is 0 Å². The van der Waals surface area contributed by atoms with Crippen molar-refractivity contribution in [3.63, 3.8) is 0 Å². The molecule has 0 radical (unpaired) electrons. The van der Waals surface area contributed by atoms with E-state index in [4.69, 9.17) is 11.6 Å². The third kappa shape index (κ3) is 2.13. The van der Waals surface area contributed by atoms with Gasteiger partial charge in [-0.2, -0.15) is 0 Å². The lowest BCUT2D eigenvalue weighted by atomic mass is 10.5. The van der Waals surface area contributed by atoms with Crippen LogP contribution in [0.1, 0.15) is 0 Å². The molecule has 0 spiro atoms. The number of pyridine rings is 1. The largest absolute Gasteiger partial charge is 0.366 e.